The topological polar surface area (TPSA) is 34.7 Å². The molecule has 1 aliphatic carbocycles. The van der Waals surface area contributed by atoms with Crippen molar-refractivity contribution in [2.24, 2.45) is 5.92 Å². The second-order valence-electron chi connectivity index (χ2n) is 6.24. The van der Waals surface area contributed by atoms with Crippen LogP contribution in [0.25, 0.3) is 15.9 Å². The molecule has 2 aliphatic rings. The standard InChI is InChI=1S/C16H16ClN3O/c1-18-12-5-13(17)15-14(6-12)20(10-19-15)8-11-3-2-4-16(7-11)9-21-16/h5-6,10-11H,2-4,7-9H2/t11-,16-/m0/s1. The van der Waals surface area contributed by atoms with Gasteiger partial charge in [0, 0.05) is 6.54 Å². The van der Waals surface area contributed by atoms with Gasteiger partial charge in [-0.15, -0.1) is 0 Å². The highest BCUT2D eigenvalue weighted by molar-refractivity contribution is 6.35. The van der Waals surface area contributed by atoms with Crippen molar-refractivity contribution in [1.29, 1.82) is 0 Å². The van der Waals surface area contributed by atoms with Gasteiger partial charge < -0.3 is 9.30 Å². The summed E-state index contributed by atoms with van der Waals surface area (Å²) in [7, 11) is 0. The average molecular weight is 302 g/mol. The Bertz CT molecular complexity index is 742. The third-order valence-corrected chi connectivity index (χ3v) is 4.99. The summed E-state index contributed by atoms with van der Waals surface area (Å²) in [6, 6.07) is 3.56. The van der Waals surface area contributed by atoms with E-state index in [2.05, 4.69) is 14.4 Å². The maximum atomic E-state index is 7.17. The van der Waals surface area contributed by atoms with Crippen LogP contribution in [-0.4, -0.2) is 21.8 Å². The van der Waals surface area contributed by atoms with Crippen molar-refractivity contribution in [3.05, 3.63) is 34.9 Å². The molecule has 1 saturated carbocycles. The van der Waals surface area contributed by atoms with Crippen molar-refractivity contribution in [1.82, 2.24) is 9.55 Å². The zero-order valence-corrected chi connectivity index (χ0v) is 12.4. The van der Waals surface area contributed by atoms with Crippen molar-refractivity contribution in [3.63, 3.8) is 0 Å². The molecule has 0 radical (unpaired) electrons. The Morgan fingerprint density at radius 3 is 3.14 bits per heavy atom. The van der Waals surface area contributed by atoms with E-state index in [9.17, 15) is 0 Å². The van der Waals surface area contributed by atoms with Crippen molar-refractivity contribution >= 4 is 28.3 Å². The molecule has 1 aromatic heterocycles. The SMILES string of the molecule is [C-]#[N+]c1cc(Cl)c2ncn(C[C@H]3CCC[C@@]4(CO4)C3)c2c1. The first-order chi connectivity index (χ1) is 10.2. The van der Waals surface area contributed by atoms with Crippen LogP contribution >= 0.6 is 11.6 Å². The molecule has 1 saturated heterocycles. The van der Waals surface area contributed by atoms with Crippen LogP contribution in [-0.2, 0) is 11.3 Å². The van der Waals surface area contributed by atoms with Crippen molar-refractivity contribution in [2.45, 2.75) is 37.8 Å². The summed E-state index contributed by atoms with van der Waals surface area (Å²) < 4.78 is 7.78. The van der Waals surface area contributed by atoms with E-state index in [0.717, 1.165) is 30.6 Å². The zero-order valence-electron chi connectivity index (χ0n) is 11.7. The van der Waals surface area contributed by atoms with Crippen LogP contribution in [0.5, 0.6) is 0 Å². The predicted molar refractivity (Wildman–Crippen MR) is 81.6 cm³/mol. The summed E-state index contributed by atoms with van der Waals surface area (Å²) >= 11 is 6.21. The molecule has 2 aromatic rings. The minimum atomic E-state index is 0.193. The van der Waals surface area contributed by atoms with Gasteiger partial charge in [-0.2, -0.15) is 0 Å². The molecule has 0 bridgehead atoms. The molecule has 1 aromatic carbocycles. The van der Waals surface area contributed by atoms with Gasteiger partial charge in [0.05, 0.1) is 35.6 Å². The summed E-state index contributed by atoms with van der Waals surface area (Å²) in [5.41, 5.74) is 2.51. The number of ether oxygens (including phenoxy) is 1. The van der Waals surface area contributed by atoms with Gasteiger partial charge in [-0.3, -0.25) is 0 Å². The number of hydrogen-bond donors (Lipinski definition) is 0. The fourth-order valence-corrected chi connectivity index (χ4v) is 3.82. The molecule has 1 aliphatic heterocycles. The molecular formula is C16H16ClN3O. The van der Waals surface area contributed by atoms with Gasteiger partial charge in [-0.05, 0) is 37.3 Å². The van der Waals surface area contributed by atoms with Crippen LogP contribution in [0, 0.1) is 12.5 Å². The van der Waals surface area contributed by atoms with Crippen LogP contribution < -0.4 is 0 Å². The highest BCUT2D eigenvalue weighted by Crippen LogP contribution is 2.44. The van der Waals surface area contributed by atoms with E-state index < -0.39 is 0 Å². The van der Waals surface area contributed by atoms with Crippen molar-refractivity contribution < 1.29 is 4.74 Å². The van der Waals surface area contributed by atoms with E-state index in [4.69, 9.17) is 22.9 Å². The first-order valence-electron chi connectivity index (χ1n) is 7.35. The van der Waals surface area contributed by atoms with Crippen LogP contribution in [0.2, 0.25) is 5.02 Å². The van der Waals surface area contributed by atoms with Gasteiger partial charge in [0.1, 0.15) is 5.52 Å². The fraction of sp³-hybridized carbons (Fsp3) is 0.500. The van der Waals surface area contributed by atoms with Crippen molar-refractivity contribution in [2.75, 3.05) is 6.61 Å². The lowest BCUT2D eigenvalue weighted by molar-refractivity contribution is 0.179. The number of imidazole rings is 1. The summed E-state index contributed by atoms with van der Waals surface area (Å²) in [5, 5.41) is 0.558. The van der Waals surface area contributed by atoms with Gasteiger partial charge in [0.15, 0.2) is 5.69 Å². The fourth-order valence-electron chi connectivity index (χ4n) is 3.56. The van der Waals surface area contributed by atoms with E-state index in [1.165, 1.54) is 19.3 Å². The highest BCUT2D eigenvalue weighted by Gasteiger charge is 2.47. The third kappa shape index (κ3) is 2.31. The van der Waals surface area contributed by atoms with Crippen LogP contribution in [0.4, 0.5) is 5.69 Å². The minimum absolute atomic E-state index is 0.193. The number of epoxide rings is 1. The Morgan fingerprint density at radius 1 is 1.52 bits per heavy atom. The molecule has 0 N–H and O–H groups in total. The van der Waals surface area contributed by atoms with Gasteiger partial charge in [0.25, 0.3) is 0 Å². The van der Waals surface area contributed by atoms with E-state index in [1.54, 1.807) is 6.07 Å². The molecule has 4 rings (SSSR count). The molecular weight excluding hydrogens is 286 g/mol. The first kappa shape index (κ1) is 13.1. The largest absolute Gasteiger partial charge is 0.370 e. The molecule has 2 atom stereocenters. The van der Waals surface area contributed by atoms with E-state index >= 15 is 0 Å². The highest BCUT2D eigenvalue weighted by atomic mass is 35.5. The quantitative estimate of drug-likeness (QED) is 0.615. The molecule has 4 nitrogen and oxygen atoms in total. The number of aromatic nitrogens is 2. The maximum absolute atomic E-state index is 7.17. The Labute approximate surface area is 128 Å². The number of hydrogen-bond acceptors (Lipinski definition) is 2. The van der Waals surface area contributed by atoms with Crippen LogP contribution in [0.1, 0.15) is 25.7 Å². The second kappa shape index (κ2) is 4.72. The normalized spacial score (nSPS) is 27.9. The first-order valence-corrected chi connectivity index (χ1v) is 7.73. The van der Waals surface area contributed by atoms with E-state index in [1.807, 2.05) is 12.4 Å². The molecule has 5 heteroatoms. The number of nitrogens with zero attached hydrogens (tertiary/aromatic N) is 3. The van der Waals surface area contributed by atoms with E-state index in [-0.39, 0.29) is 5.60 Å². The van der Waals surface area contributed by atoms with Crippen molar-refractivity contribution in [3.8, 4) is 0 Å². The van der Waals surface area contributed by atoms with Gasteiger partial charge in [-0.1, -0.05) is 18.0 Å². The number of benzene rings is 1. The van der Waals surface area contributed by atoms with Crippen LogP contribution in [0.3, 0.4) is 0 Å². The lowest BCUT2D eigenvalue weighted by Gasteiger charge is -2.27. The molecule has 0 amide bonds. The minimum Gasteiger partial charge on any atom is -0.370 e. The smallest absolute Gasteiger partial charge is 0.190 e. The molecule has 1 spiro atoms. The second-order valence-corrected chi connectivity index (χ2v) is 6.65. The Kier molecular flexibility index (Phi) is 2.95. The number of halogens is 1. The molecule has 108 valence electrons. The number of fused-ring (bicyclic) bond motifs is 1. The van der Waals surface area contributed by atoms with Gasteiger partial charge in [0.2, 0.25) is 0 Å². The Morgan fingerprint density at radius 2 is 2.38 bits per heavy atom. The number of rotatable bonds is 2. The van der Waals surface area contributed by atoms with Crippen LogP contribution in [0.15, 0.2) is 18.5 Å². The monoisotopic (exact) mass is 301 g/mol. The third-order valence-electron chi connectivity index (χ3n) is 4.71. The summed E-state index contributed by atoms with van der Waals surface area (Å²) in [4.78, 5) is 7.89. The summed E-state index contributed by atoms with van der Waals surface area (Å²) in [6.07, 6.45) is 6.68. The van der Waals surface area contributed by atoms with E-state index in [0.29, 0.717) is 16.6 Å². The lowest BCUT2D eigenvalue weighted by atomic mass is 9.81. The van der Waals surface area contributed by atoms with Gasteiger partial charge >= 0.3 is 0 Å². The summed E-state index contributed by atoms with van der Waals surface area (Å²) in [6.45, 7) is 9.03. The maximum Gasteiger partial charge on any atom is 0.190 e. The summed E-state index contributed by atoms with van der Waals surface area (Å²) in [5.74, 6) is 0.619. The molecule has 2 heterocycles. The molecule has 0 unspecified atom stereocenters. The molecule has 2 fully saturated rings. The Balaban J connectivity index is 1.64. The predicted octanol–water partition coefficient (Wildman–Crippen LogP) is 4.20. The van der Waals surface area contributed by atoms with Gasteiger partial charge in [-0.25, -0.2) is 9.83 Å². The molecule has 21 heavy (non-hydrogen) atoms. The lowest BCUT2D eigenvalue weighted by Crippen LogP contribution is -2.25. The average Bonchev–Trinajstić information content (AvgIpc) is 3.09. The Hall–Kier alpha value is -1.57. The zero-order chi connectivity index (χ0) is 14.4.